The van der Waals surface area contributed by atoms with Crippen LogP contribution in [0.25, 0.3) is 11.3 Å². The van der Waals surface area contributed by atoms with Crippen molar-refractivity contribution in [1.29, 1.82) is 0 Å². The van der Waals surface area contributed by atoms with Crippen LogP contribution in [0.2, 0.25) is 0 Å². The summed E-state index contributed by atoms with van der Waals surface area (Å²) >= 11 is 1.34. The lowest BCUT2D eigenvalue weighted by Gasteiger charge is -2.05. The Bertz CT molecular complexity index is 996. The number of hydrogen-bond acceptors (Lipinski definition) is 6. The molecule has 2 aromatic carbocycles. The van der Waals surface area contributed by atoms with Crippen LogP contribution in [0.1, 0.15) is 10.6 Å². The second-order valence-electron chi connectivity index (χ2n) is 5.31. The van der Waals surface area contributed by atoms with Gasteiger partial charge >= 0.3 is 0 Å². The molecule has 1 amide bonds. The monoisotopic (exact) mass is 363 g/mol. The van der Waals surface area contributed by atoms with Crippen molar-refractivity contribution in [2.75, 3.05) is 5.32 Å². The number of carbonyl (C=O) groups is 1. The summed E-state index contributed by atoms with van der Waals surface area (Å²) in [6.07, 6.45) is 1.42. The van der Waals surface area contributed by atoms with Gasteiger partial charge in [-0.3, -0.25) is 10.1 Å². The number of nitrogens with zero attached hydrogens (tertiary/aromatic N) is 2. The Morgan fingerprint density at radius 2 is 1.77 bits per heavy atom. The van der Waals surface area contributed by atoms with Gasteiger partial charge in [0.2, 0.25) is 5.76 Å². The molecule has 0 aliphatic carbocycles. The summed E-state index contributed by atoms with van der Waals surface area (Å²) in [7, 11) is 0. The minimum atomic E-state index is -0.380. The average Bonchev–Trinajstić information content (AvgIpc) is 3.35. The lowest BCUT2D eigenvalue weighted by atomic mass is 10.2. The summed E-state index contributed by atoms with van der Waals surface area (Å²) in [5, 5.41) is 8.57. The molecule has 2 heterocycles. The van der Waals surface area contributed by atoms with Gasteiger partial charge in [0.1, 0.15) is 11.5 Å². The van der Waals surface area contributed by atoms with Crippen molar-refractivity contribution in [3.63, 3.8) is 0 Å². The zero-order valence-electron chi connectivity index (χ0n) is 13.5. The average molecular weight is 363 g/mol. The zero-order chi connectivity index (χ0) is 17.8. The maximum absolute atomic E-state index is 11.9. The highest BCUT2D eigenvalue weighted by atomic mass is 32.1. The van der Waals surface area contributed by atoms with Crippen molar-refractivity contribution < 1.29 is 14.1 Å². The Kier molecular flexibility index (Phi) is 4.44. The van der Waals surface area contributed by atoms with Gasteiger partial charge in [-0.25, -0.2) is 4.98 Å². The van der Waals surface area contributed by atoms with E-state index in [1.165, 1.54) is 23.6 Å². The summed E-state index contributed by atoms with van der Waals surface area (Å²) in [5.41, 5.74) is 1.70. The van der Waals surface area contributed by atoms with Crippen molar-refractivity contribution in [1.82, 2.24) is 10.1 Å². The second-order valence-corrected chi connectivity index (χ2v) is 6.17. The maximum atomic E-state index is 11.9. The van der Waals surface area contributed by atoms with Crippen molar-refractivity contribution in [2.45, 2.75) is 0 Å². The first-order valence-electron chi connectivity index (χ1n) is 7.79. The second kappa shape index (κ2) is 7.20. The van der Waals surface area contributed by atoms with Crippen molar-refractivity contribution in [2.24, 2.45) is 0 Å². The van der Waals surface area contributed by atoms with E-state index in [9.17, 15) is 4.79 Å². The molecule has 0 aliphatic rings. The van der Waals surface area contributed by atoms with Gasteiger partial charge in [0.15, 0.2) is 5.13 Å². The van der Waals surface area contributed by atoms with E-state index in [-0.39, 0.29) is 11.7 Å². The largest absolute Gasteiger partial charge is 0.457 e. The van der Waals surface area contributed by atoms with Crippen molar-refractivity contribution in [3.8, 4) is 22.8 Å². The number of amides is 1. The van der Waals surface area contributed by atoms with Gasteiger partial charge in [-0.05, 0) is 36.4 Å². The molecule has 128 valence electrons. The van der Waals surface area contributed by atoms with Gasteiger partial charge in [-0.1, -0.05) is 23.4 Å². The number of carbonyl (C=O) groups excluding carboxylic acids is 1. The SMILES string of the molecule is O=C(Nc1nc(-c2ccc(Oc3ccccc3)cc2)cs1)c1ccno1. The Balaban J connectivity index is 1.45. The number of rotatable bonds is 5. The van der Waals surface area contributed by atoms with Crippen LogP contribution >= 0.6 is 11.3 Å². The lowest BCUT2D eigenvalue weighted by molar-refractivity contribution is 0.0988. The number of thiazole rings is 1. The number of anilines is 1. The number of nitrogens with one attached hydrogen (secondary N) is 1. The molecule has 0 radical (unpaired) electrons. The molecule has 0 fully saturated rings. The third kappa shape index (κ3) is 3.62. The summed E-state index contributed by atoms with van der Waals surface area (Å²) in [6.45, 7) is 0. The van der Waals surface area contributed by atoms with Crippen LogP contribution in [0.4, 0.5) is 5.13 Å². The molecule has 0 saturated heterocycles. The quantitative estimate of drug-likeness (QED) is 0.549. The van der Waals surface area contributed by atoms with E-state index in [4.69, 9.17) is 9.26 Å². The minimum Gasteiger partial charge on any atom is -0.457 e. The molecule has 2 aromatic heterocycles. The number of hydrogen-bond donors (Lipinski definition) is 1. The van der Waals surface area contributed by atoms with Crippen LogP contribution in [0.3, 0.4) is 0 Å². The fraction of sp³-hybridized carbons (Fsp3) is 0. The highest BCUT2D eigenvalue weighted by molar-refractivity contribution is 7.14. The maximum Gasteiger partial charge on any atom is 0.296 e. The van der Waals surface area contributed by atoms with Crippen LogP contribution in [-0.2, 0) is 0 Å². The number of benzene rings is 2. The third-order valence-corrected chi connectivity index (χ3v) is 4.27. The molecule has 6 nitrogen and oxygen atoms in total. The van der Waals surface area contributed by atoms with E-state index in [1.807, 2.05) is 60.0 Å². The standard InChI is InChI=1S/C19H13N3O3S/c23-18(17-10-11-20-25-17)22-19-21-16(12-26-19)13-6-8-15(9-7-13)24-14-4-2-1-3-5-14/h1-12H,(H,21,22,23). The van der Waals surface area contributed by atoms with Crippen LogP contribution in [0, 0.1) is 0 Å². The summed E-state index contributed by atoms with van der Waals surface area (Å²) < 4.78 is 10.6. The Labute approximate surface area is 153 Å². The molecule has 1 N–H and O–H groups in total. The molecular formula is C19H13N3O3S. The topological polar surface area (TPSA) is 77.2 Å². The van der Waals surface area contributed by atoms with Gasteiger partial charge < -0.3 is 9.26 Å². The first kappa shape index (κ1) is 16.0. The van der Waals surface area contributed by atoms with Gasteiger partial charge in [-0.15, -0.1) is 11.3 Å². The first-order chi connectivity index (χ1) is 12.8. The summed E-state index contributed by atoms with van der Waals surface area (Å²) in [4.78, 5) is 16.4. The number of para-hydroxylation sites is 1. The highest BCUT2D eigenvalue weighted by Crippen LogP contribution is 2.28. The van der Waals surface area contributed by atoms with E-state index in [2.05, 4.69) is 15.5 Å². The van der Waals surface area contributed by atoms with Crippen molar-refractivity contribution >= 4 is 22.4 Å². The smallest absolute Gasteiger partial charge is 0.296 e. The fourth-order valence-corrected chi connectivity index (χ4v) is 2.99. The molecule has 4 aromatic rings. The van der Waals surface area contributed by atoms with Crippen LogP contribution in [0.15, 0.2) is 76.8 Å². The Morgan fingerprint density at radius 3 is 2.50 bits per heavy atom. The minimum absolute atomic E-state index is 0.143. The molecular weight excluding hydrogens is 350 g/mol. The summed E-state index contributed by atoms with van der Waals surface area (Å²) in [5.74, 6) is 1.29. The van der Waals surface area contributed by atoms with Crippen LogP contribution in [-0.4, -0.2) is 16.0 Å². The lowest BCUT2D eigenvalue weighted by Crippen LogP contribution is -2.10. The van der Waals surface area contributed by atoms with Crippen LogP contribution in [0.5, 0.6) is 11.5 Å². The first-order valence-corrected chi connectivity index (χ1v) is 8.67. The van der Waals surface area contributed by atoms with E-state index in [0.29, 0.717) is 5.13 Å². The predicted octanol–water partition coefficient (Wildman–Crippen LogP) is 4.84. The Morgan fingerprint density at radius 1 is 1.00 bits per heavy atom. The van der Waals surface area contributed by atoms with Crippen LogP contribution < -0.4 is 10.1 Å². The van der Waals surface area contributed by atoms with Gasteiger partial charge in [-0.2, -0.15) is 0 Å². The van der Waals surface area contributed by atoms with Gasteiger partial charge in [0.25, 0.3) is 5.91 Å². The number of ether oxygens (including phenoxy) is 1. The third-order valence-electron chi connectivity index (χ3n) is 3.52. The zero-order valence-corrected chi connectivity index (χ0v) is 14.3. The molecule has 0 atom stereocenters. The Hall–Kier alpha value is -3.45. The van der Waals surface area contributed by atoms with E-state index < -0.39 is 0 Å². The fourth-order valence-electron chi connectivity index (χ4n) is 2.27. The molecule has 0 aliphatic heterocycles. The van der Waals surface area contributed by atoms with Gasteiger partial charge in [0, 0.05) is 17.0 Å². The summed E-state index contributed by atoms with van der Waals surface area (Å²) in [6, 6.07) is 18.7. The van der Waals surface area contributed by atoms with E-state index >= 15 is 0 Å². The van der Waals surface area contributed by atoms with E-state index in [1.54, 1.807) is 0 Å². The number of aromatic nitrogens is 2. The molecule has 7 heteroatoms. The van der Waals surface area contributed by atoms with E-state index in [0.717, 1.165) is 22.8 Å². The molecule has 0 saturated carbocycles. The molecule has 0 unspecified atom stereocenters. The predicted molar refractivity (Wildman–Crippen MR) is 98.5 cm³/mol. The molecule has 0 bridgehead atoms. The highest BCUT2D eigenvalue weighted by Gasteiger charge is 2.13. The molecule has 26 heavy (non-hydrogen) atoms. The molecule has 0 spiro atoms. The normalized spacial score (nSPS) is 10.5. The van der Waals surface area contributed by atoms with Gasteiger partial charge in [0.05, 0.1) is 11.9 Å². The van der Waals surface area contributed by atoms with Crippen molar-refractivity contribution in [3.05, 3.63) is 78.0 Å². The molecule has 4 rings (SSSR count).